The van der Waals surface area contributed by atoms with E-state index >= 15 is 0 Å². The number of hydrogen-bond acceptors (Lipinski definition) is 2. The number of hydrogen-bond donors (Lipinski definition) is 2. The second-order valence-corrected chi connectivity index (χ2v) is 2.90. The molecule has 0 N–H and O–H groups in total. The summed E-state index contributed by atoms with van der Waals surface area (Å²) in [6.45, 7) is 7.23. The lowest BCUT2D eigenvalue weighted by atomic mass is 10.3. The van der Waals surface area contributed by atoms with E-state index in [9.17, 15) is 0 Å². The van der Waals surface area contributed by atoms with Crippen molar-refractivity contribution in [2.45, 2.75) is 12.8 Å². The zero-order chi connectivity index (χ0) is 6.57. The fraction of sp³-hybridized carbons (Fsp3) is 0.333. The molecule has 0 aromatic rings. The van der Waals surface area contributed by atoms with Crippen LogP contribution in [0.2, 0.25) is 0 Å². The summed E-state index contributed by atoms with van der Waals surface area (Å²) >= 11 is 8.01. The number of rotatable bonds is 3. The second kappa shape index (κ2) is 4.10. The third-order valence-electron chi connectivity index (χ3n) is 0.702. The number of thiol groups is 2. The summed E-state index contributed by atoms with van der Waals surface area (Å²) in [6.07, 6.45) is 1.76. The molecule has 0 aromatic heterocycles. The molecule has 0 amide bonds. The quantitative estimate of drug-likeness (QED) is 0.562. The molecule has 0 rings (SSSR count). The molecule has 0 nitrogen and oxygen atoms in total. The van der Waals surface area contributed by atoms with Gasteiger partial charge in [-0.15, -0.1) is 25.3 Å². The first-order valence-electron chi connectivity index (χ1n) is 2.36. The molecule has 8 heavy (non-hydrogen) atoms. The maximum Gasteiger partial charge on any atom is -0.0182 e. The lowest BCUT2D eigenvalue weighted by Gasteiger charge is -1.94. The van der Waals surface area contributed by atoms with E-state index in [1.165, 1.54) is 0 Å². The molecule has 0 atom stereocenters. The lowest BCUT2D eigenvalue weighted by molar-refractivity contribution is 1.03. The van der Waals surface area contributed by atoms with Crippen molar-refractivity contribution in [1.29, 1.82) is 0 Å². The van der Waals surface area contributed by atoms with Gasteiger partial charge in [-0.3, -0.25) is 0 Å². The van der Waals surface area contributed by atoms with Gasteiger partial charge in [0.05, 0.1) is 0 Å². The highest BCUT2D eigenvalue weighted by molar-refractivity contribution is 7.84. The van der Waals surface area contributed by atoms with Crippen molar-refractivity contribution in [3.8, 4) is 0 Å². The van der Waals surface area contributed by atoms with Crippen molar-refractivity contribution in [2.24, 2.45) is 0 Å². The van der Waals surface area contributed by atoms with E-state index in [0.29, 0.717) is 0 Å². The molecule has 0 bridgehead atoms. The first-order valence-corrected chi connectivity index (χ1v) is 3.26. The van der Waals surface area contributed by atoms with Crippen LogP contribution in [0.25, 0.3) is 0 Å². The highest BCUT2D eigenvalue weighted by Gasteiger charge is 1.87. The Morgan fingerprint density at radius 2 is 1.25 bits per heavy atom. The standard InChI is InChI=1S/C6H10S2/c1-5(7)3-4-6(2)8/h7-8H,1-4H2. The van der Waals surface area contributed by atoms with Crippen molar-refractivity contribution in [1.82, 2.24) is 0 Å². The molecule has 0 saturated heterocycles. The molecule has 0 aromatic carbocycles. The van der Waals surface area contributed by atoms with Gasteiger partial charge in [-0.25, -0.2) is 0 Å². The third-order valence-corrected chi connectivity index (χ3v) is 1.15. The van der Waals surface area contributed by atoms with Crippen molar-refractivity contribution < 1.29 is 0 Å². The minimum Gasteiger partial charge on any atom is -0.148 e. The Labute approximate surface area is 61.5 Å². The van der Waals surface area contributed by atoms with Crippen LogP contribution in [0.5, 0.6) is 0 Å². The molecule has 46 valence electrons. The SMILES string of the molecule is C=C(S)CCC(=C)S. The predicted octanol–water partition coefficient (Wildman–Crippen LogP) is 2.65. The maximum absolute atomic E-state index is 4.00. The molecule has 0 aliphatic heterocycles. The molecule has 0 heterocycles. The van der Waals surface area contributed by atoms with Gasteiger partial charge in [0.1, 0.15) is 0 Å². The van der Waals surface area contributed by atoms with Crippen LogP contribution in [0.1, 0.15) is 12.8 Å². The van der Waals surface area contributed by atoms with E-state index < -0.39 is 0 Å². The summed E-state index contributed by atoms with van der Waals surface area (Å²) in [6, 6.07) is 0. The first-order chi connectivity index (χ1) is 3.63. The molecule has 0 aliphatic carbocycles. The molecule has 2 heteroatoms. The van der Waals surface area contributed by atoms with Crippen molar-refractivity contribution in [2.75, 3.05) is 0 Å². The van der Waals surface area contributed by atoms with E-state index in [-0.39, 0.29) is 0 Å². The molecule has 0 spiro atoms. The molecule has 0 fully saturated rings. The van der Waals surface area contributed by atoms with Gasteiger partial charge in [-0.1, -0.05) is 13.2 Å². The summed E-state index contributed by atoms with van der Waals surface area (Å²) in [4.78, 5) is 1.78. The molecular formula is C6H10S2. The van der Waals surface area contributed by atoms with Crippen molar-refractivity contribution >= 4 is 25.3 Å². The van der Waals surface area contributed by atoms with Gasteiger partial charge in [-0.05, 0) is 22.7 Å². The summed E-state index contributed by atoms with van der Waals surface area (Å²) in [5.74, 6) is 0. The Morgan fingerprint density at radius 3 is 1.38 bits per heavy atom. The summed E-state index contributed by atoms with van der Waals surface area (Å²) in [5, 5.41) is 0. The van der Waals surface area contributed by atoms with Gasteiger partial charge < -0.3 is 0 Å². The van der Waals surface area contributed by atoms with Crippen molar-refractivity contribution in [3.05, 3.63) is 23.0 Å². The second-order valence-electron chi connectivity index (χ2n) is 1.63. The van der Waals surface area contributed by atoms with Gasteiger partial charge in [0.2, 0.25) is 0 Å². The van der Waals surface area contributed by atoms with Crippen LogP contribution >= 0.6 is 25.3 Å². The molecule has 0 unspecified atom stereocenters. The molecular weight excluding hydrogens is 136 g/mol. The zero-order valence-electron chi connectivity index (χ0n) is 4.72. The van der Waals surface area contributed by atoms with Gasteiger partial charge in [0.15, 0.2) is 0 Å². The first kappa shape index (κ1) is 8.18. The zero-order valence-corrected chi connectivity index (χ0v) is 6.51. The van der Waals surface area contributed by atoms with E-state index in [4.69, 9.17) is 0 Å². The highest BCUT2D eigenvalue weighted by Crippen LogP contribution is 2.12. The molecule has 0 saturated carbocycles. The molecule has 0 radical (unpaired) electrons. The van der Waals surface area contributed by atoms with Crippen LogP contribution in [0.4, 0.5) is 0 Å². The fourth-order valence-corrected chi connectivity index (χ4v) is 0.512. The van der Waals surface area contributed by atoms with Crippen LogP contribution in [0.15, 0.2) is 23.0 Å². The van der Waals surface area contributed by atoms with E-state index in [1.54, 1.807) is 0 Å². The van der Waals surface area contributed by atoms with Crippen LogP contribution in [0.3, 0.4) is 0 Å². The van der Waals surface area contributed by atoms with Gasteiger partial charge in [-0.2, -0.15) is 0 Å². The summed E-state index contributed by atoms with van der Waals surface area (Å²) in [5.41, 5.74) is 0. The van der Waals surface area contributed by atoms with Gasteiger partial charge >= 0.3 is 0 Å². The predicted molar refractivity (Wildman–Crippen MR) is 45.5 cm³/mol. The average Bonchev–Trinajstić information content (AvgIpc) is 1.61. The van der Waals surface area contributed by atoms with Crippen molar-refractivity contribution in [3.63, 3.8) is 0 Å². The number of allylic oxidation sites excluding steroid dienone is 2. The smallest absolute Gasteiger partial charge is 0.0182 e. The van der Waals surface area contributed by atoms with E-state index in [0.717, 1.165) is 22.7 Å². The highest BCUT2D eigenvalue weighted by atomic mass is 32.1. The Kier molecular flexibility index (Phi) is 4.19. The Hall–Kier alpha value is 0.180. The van der Waals surface area contributed by atoms with Gasteiger partial charge in [0, 0.05) is 0 Å². The normalized spacial score (nSPS) is 8.75. The Morgan fingerprint density at radius 1 is 1.00 bits per heavy atom. The Bertz CT molecular complexity index is 91.1. The summed E-state index contributed by atoms with van der Waals surface area (Å²) < 4.78 is 0. The monoisotopic (exact) mass is 146 g/mol. The van der Waals surface area contributed by atoms with Crippen LogP contribution in [-0.4, -0.2) is 0 Å². The molecule has 0 aliphatic rings. The third kappa shape index (κ3) is 6.18. The summed E-state index contributed by atoms with van der Waals surface area (Å²) in [7, 11) is 0. The fourth-order valence-electron chi connectivity index (χ4n) is 0.289. The lowest BCUT2D eigenvalue weighted by Crippen LogP contribution is -1.71. The largest absolute Gasteiger partial charge is 0.148 e. The van der Waals surface area contributed by atoms with E-state index in [1.807, 2.05) is 0 Å². The minimum atomic E-state index is 0.880. The van der Waals surface area contributed by atoms with Crippen LogP contribution in [0, 0.1) is 0 Å². The minimum absolute atomic E-state index is 0.880. The van der Waals surface area contributed by atoms with E-state index in [2.05, 4.69) is 38.4 Å². The Balaban J connectivity index is 3.18. The van der Waals surface area contributed by atoms with Gasteiger partial charge in [0.25, 0.3) is 0 Å². The average molecular weight is 146 g/mol. The van der Waals surface area contributed by atoms with Crippen LogP contribution < -0.4 is 0 Å². The maximum atomic E-state index is 4.00. The topological polar surface area (TPSA) is 0 Å². The van der Waals surface area contributed by atoms with Crippen LogP contribution in [-0.2, 0) is 0 Å².